The van der Waals surface area contributed by atoms with Crippen LogP contribution < -0.4 is 0 Å². The Labute approximate surface area is 116 Å². The normalized spacial score (nSPS) is 10.8. The van der Waals surface area contributed by atoms with Crippen LogP contribution in [0.25, 0.3) is 0 Å². The van der Waals surface area contributed by atoms with E-state index in [4.69, 9.17) is 5.11 Å². The van der Waals surface area contributed by atoms with Gasteiger partial charge < -0.3 is 10.0 Å². The van der Waals surface area contributed by atoms with Gasteiger partial charge in [0.25, 0.3) is 0 Å². The number of benzene rings is 1. The molecule has 0 aliphatic rings. The van der Waals surface area contributed by atoms with Crippen molar-refractivity contribution in [3.8, 4) is 0 Å². The highest BCUT2D eigenvalue weighted by atomic mass is 16.3. The number of amides is 1. The fraction of sp³-hybridized carbons (Fsp3) is 0.562. The van der Waals surface area contributed by atoms with Gasteiger partial charge in [-0.1, -0.05) is 43.7 Å². The molecule has 0 unspecified atom stereocenters. The summed E-state index contributed by atoms with van der Waals surface area (Å²) in [5, 5.41) is 9.14. The van der Waals surface area contributed by atoms with E-state index in [9.17, 15) is 4.79 Å². The predicted octanol–water partition coefficient (Wildman–Crippen LogP) is 2.55. The summed E-state index contributed by atoms with van der Waals surface area (Å²) < 4.78 is 0. The molecule has 0 aromatic heterocycles. The lowest BCUT2D eigenvalue weighted by molar-refractivity contribution is -0.133. The number of rotatable bonds is 7. The van der Waals surface area contributed by atoms with Crippen molar-refractivity contribution >= 4 is 5.91 Å². The van der Waals surface area contributed by atoms with E-state index < -0.39 is 0 Å². The summed E-state index contributed by atoms with van der Waals surface area (Å²) in [5.41, 5.74) is 2.21. The first-order chi connectivity index (χ1) is 9.12. The SMILES string of the molecule is CCC(CC)N(CCO)C(=O)Cc1cccc(C)c1. The van der Waals surface area contributed by atoms with E-state index in [-0.39, 0.29) is 18.6 Å². The molecule has 0 aliphatic heterocycles. The number of carbonyl (C=O) groups excluding carboxylic acids is 1. The maximum absolute atomic E-state index is 12.4. The number of nitrogens with zero attached hydrogens (tertiary/aromatic N) is 1. The van der Waals surface area contributed by atoms with Gasteiger partial charge in [-0.05, 0) is 25.3 Å². The van der Waals surface area contributed by atoms with Crippen molar-refractivity contribution in [1.29, 1.82) is 0 Å². The molecule has 0 saturated heterocycles. The zero-order chi connectivity index (χ0) is 14.3. The lowest BCUT2D eigenvalue weighted by atomic mass is 10.1. The Hall–Kier alpha value is -1.35. The molecule has 1 aromatic rings. The van der Waals surface area contributed by atoms with Crippen molar-refractivity contribution in [3.05, 3.63) is 35.4 Å². The first-order valence-corrected chi connectivity index (χ1v) is 7.08. The number of aryl methyl sites for hydroxylation is 1. The molecule has 0 heterocycles. The Morgan fingerprint density at radius 1 is 1.32 bits per heavy atom. The topological polar surface area (TPSA) is 40.5 Å². The second kappa shape index (κ2) is 7.95. The summed E-state index contributed by atoms with van der Waals surface area (Å²) >= 11 is 0. The summed E-state index contributed by atoms with van der Waals surface area (Å²) in [6, 6.07) is 8.26. The molecule has 1 rings (SSSR count). The van der Waals surface area contributed by atoms with Crippen LogP contribution in [0.15, 0.2) is 24.3 Å². The van der Waals surface area contributed by atoms with Crippen LogP contribution in [-0.4, -0.2) is 35.1 Å². The fourth-order valence-electron chi connectivity index (χ4n) is 2.45. The smallest absolute Gasteiger partial charge is 0.227 e. The summed E-state index contributed by atoms with van der Waals surface area (Å²) in [4.78, 5) is 14.2. The van der Waals surface area contributed by atoms with Crippen molar-refractivity contribution in [3.63, 3.8) is 0 Å². The Morgan fingerprint density at radius 3 is 2.53 bits per heavy atom. The molecule has 0 bridgehead atoms. The molecule has 1 amide bonds. The number of hydrogen-bond donors (Lipinski definition) is 1. The lowest BCUT2D eigenvalue weighted by Crippen LogP contribution is -2.42. The first kappa shape index (κ1) is 15.7. The molecule has 0 aliphatic carbocycles. The molecular weight excluding hydrogens is 238 g/mol. The van der Waals surface area contributed by atoms with Crippen molar-refractivity contribution in [2.45, 2.75) is 46.1 Å². The monoisotopic (exact) mass is 263 g/mol. The van der Waals surface area contributed by atoms with Gasteiger partial charge in [-0.3, -0.25) is 4.79 Å². The predicted molar refractivity (Wildman–Crippen MR) is 78.1 cm³/mol. The van der Waals surface area contributed by atoms with Crippen molar-refractivity contribution in [1.82, 2.24) is 4.90 Å². The molecule has 0 fully saturated rings. The lowest BCUT2D eigenvalue weighted by Gasteiger charge is -2.30. The zero-order valence-electron chi connectivity index (χ0n) is 12.2. The van der Waals surface area contributed by atoms with Crippen LogP contribution in [-0.2, 0) is 11.2 Å². The van der Waals surface area contributed by atoms with Gasteiger partial charge in [-0.25, -0.2) is 0 Å². The minimum atomic E-state index is 0.0239. The highest BCUT2D eigenvalue weighted by Gasteiger charge is 2.20. The molecule has 3 heteroatoms. The molecular formula is C16H25NO2. The summed E-state index contributed by atoms with van der Waals surface area (Å²) in [5.74, 6) is 0.105. The van der Waals surface area contributed by atoms with Gasteiger partial charge in [0.15, 0.2) is 0 Å². The van der Waals surface area contributed by atoms with Crippen LogP contribution in [0.4, 0.5) is 0 Å². The zero-order valence-corrected chi connectivity index (χ0v) is 12.2. The summed E-state index contributed by atoms with van der Waals surface area (Å²) in [6.07, 6.45) is 2.27. The third-order valence-corrected chi connectivity index (χ3v) is 3.48. The average Bonchev–Trinajstić information content (AvgIpc) is 2.39. The van der Waals surface area contributed by atoms with Crippen molar-refractivity contribution < 1.29 is 9.90 Å². The van der Waals surface area contributed by atoms with E-state index in [1.165, 1.54) is 5.56 Å². The van der Waals surface area contributed by atoms with Gasteiger partial charge in [0.2, 0.25) is 5.91 Å². The Bertz CT molecular complexity index is 399. The Balaban J connectivity index is 2.76. The highest BCUT2D eigenvalue weighted by Crippen LogP contribution is 2.12. The third-order valence-electron chi connectivity index (χ3n) is 3.48. The van der Waals surface area contributed by atoms with E-state index in [0.29, 0.717) is 13.0 Å². The van der Waals surface area contributed by atoms with E-state index in [2.05, 4.69) is 13.8 Å². The van der Waals surface area contributed by atoms with E-state index in [0.717, 1.165) is 18.4 Å². The fourth-order valence-corrected chi connectivity index (χ4v) is 2.45. The minimum absolute atomic E-state index is 0.0239. The Morgan fingerprint density at radius 2 is 2.00 bits per heavy atom. The van der Waals surface area contributed by atoms with E-state index >= 15 is 0 Å². The third kappa shape index (κ3) is 4.67. The molecule has 3 nitrogen and oxygen atoms in total. The number of aliphatic hydroxyl groups is 1. The van der Waals surface area contributed by atoms with Crippen LogP contribution in [0.5, 0.6) is 0 Å². The largest absolute Gasteiger partial charge is 0.395 e. The van der Waals surface area contributed by atoms with Crippen molar-refractivity contribution in [2.75, 3.05) is 13.2 Å². The molecule has 0 radical (unpaired) electrons. The Kier molecular flexibility index (Phi) is 6.57. The minimum Gasteiger partial charge on any atom is -0.395 e. The van der Waals surface area contributed by atoms with Crippen molar-refractivity contribution in [2.24, 2.45) is 0 Å². The van der Waals surface area contributed by atoms with Crippen LogP contribution in [0, 0.1) is 6.92 Å². The van der Waals surface area contributed by atoms with Gasteiger partial charge in [0.1, 0.15) is 0 Å². The second-order valence-electron chi connectivity index (χ2n) is 4.95. The van der Waals surface area contributed by atoms with Gasteiger partial charge in [-0.15, -0.1) is 0 Å². The second-order valence-corrected chi connectivity index (χ2v) is 4.95. The molecule has 0 saturated carbocycles. The van der Waals surface area contributed by atoms with Gasteiger partial charge >= 0.3 is 0 Å². The summed E-state index contributed by atoms with van der Waals surface area (Å²) in [6.45, 7) is 6.64. The van der Waals surface area contributed by atoms with Gasteiger partial charge in [0, 0.05) is 12.6 Å². The molecule has 0 atom stereocenters. The quantitative estimate of drug-likeness (QED) is 0.821. The average molecular weight is 263 g/mol. The van der Waals surface area contributed by atoms with Crippen LogP contribution >= 0.6 is 0 Å². The summed E-state index contributed by atoms with van der Waals surface area (Å²) in [7, 11) is 0. The van der Waals surface area contributed by atoms with Gasteiger partial charge in [0.05, 0.1) is 13.0 Å². The first-order valence-electron chi connectivity index (χ1n) is 7.08. The molecule has 1 N–H and O–H groups in total. The van der Waals surface area contributed by atoms with Crippen LogP contribution in [0.1, 0.15) is 37.8 Å². The van der Waals surface area contributed by atoms with E-state index in [1.807, 2.05) is 36.1 Å². The number of hydrogen-bond acceptors (Lipinski definition) is 2. The standard InChI is InChI=1S/C16H25NO2/c1-4-15(5-2)17(9-10-18)16(19)12-14-8-6-7-13(3)11-14/h6-8,11,15,18H,4-5,9-10,12H2,1-3H3. The van der Waals surface area contributed by atoms with Crippen LogP contribution in [0.3, 0.4) is 0 Å². The maximum Gasteiger partial charge on any atom is 0.227 e. The molecule has 106 valence electrons. The maximum atomic E-state index is 12.4. The molecule has 19 heavy (non-hydrogen) atoms. The number of aliphatic hydroxyl groups excluding tert-OH is 1. The number of carbonyl (C=O) groups is 1. The van der Waals surface area contributed by atoms with E-state index in [1.54, 1.807) is 0 Å². The molecule has 1 aromatic carbocycles. The molecule has 0 spiro atoms. The van der Waals surface area contributed by atoms with Crippen LogP contribution in [0.2, 0.25) is 0 Å². The highest BCUT2D eigenvalue weighted by molar-refractivity contribution is 5.79. The van der Waals surface area contributed by atoms with Gasteiger partial charge in [-0.2, -0.15) is 0 Å².